The van der Waals surface area contributed by atoms with Crippen molar-refractivity contribution in [2.45, 2.75) is 12.7 Å². The fourth-order valence-corrected chi connectivity index (χ4v) is 0.645. The number of nitrogens with one attached hydrogen (secondary N) is 2. The molecule has 0 radical (unpaired) electrons. The second-order valence-corrected chi connectivity index (χ2v) is 2.59. The summed E-state index contributed by atoms with van der Waals surface area (Å²) in [6.07, 6.45) is 2.12. The van der Waals surface area contributed by atoms with Gasteiger partial charge in [-0.2, -0.15) is 0 Å². The molecule has 4 N–H and O–H groups in total. The molecule has 0 fully saturated rings. The van der Waals surface area contributed by atoms with Gasteiger partial charge in [-0.1, -0.05) is 13.2 Å². The number of carbonyl (C=O) groups is 2. The first-order chi connectivity index (χ1) is 5.91. The first-order valence-corrected chi connectivity index (χ1v) is 3.59. The monoisotopic (exact) mass is 183 g/mol. The van der Waals surface area contributed by atoms with Crippen LogP contribution in [-0.2, 0) is 9.59 Å². The summed E-state index contributed by atoms with van der Waals surface area (Å²) in [5, 5.41) is 4.62. The molecule has 0 saturated heterocycles. The van der Waals surface area contributed by atoms with E-state index in [-0.39, 0.29) is 0 Å². The maximum Gasteiger partial charge on any atom is 0.246 e. The average Bonchev–Trinajstić information content (AvgIpc) is 2.02. The molecule has 13 heavy (non-hydrogen) atoms. The number of hydrogen-bond donors (Lipinski definition) is 3. The van der Waals surface area contributed by atoms with Crippen LogP contribution in [0, 0.1) is 0 Å². The van der Waals surface area contributed by atoms with Crippen molar-refractivity contribution < 1.29 is 9.59 Å². The van der Waals surface area contributed by atoms with Gasteiger partial charge in [0.1, 0.15) is 0 Å². The van der Waals surface area contributed by atoms with Crippen molar-refractivity contribution in [3.8, 4) is 0 Å². The van der Waals surface area contributed by atoms with Gasteiger partial charge in [0.2, 0.25) is 11.8 Å². The van der Waals surface area contributed by atoms with Crippen molar-refractivity contribution in [3.63, 3.8) is 0 Å². The number of carbonyl (C=O) groups excluding carboxylic acids is 2. The minimum Gasteiger partial charge on any atom is -0.318 e. The van der Waals surface area contributed by atoms with Gasteiger partial charge < -0.3 is 10.6 Å². The quantitative estimate of drug-likeness (QED) is 0.395. The van der Waals surface area contributed by atoms with Crippen LogP contribution in [0.15, 0.2) is 25.3 Å². The first kappa shape index (κ1) is 11.4. The van der Waals surface area contributed by atoms with E-state index in [9.17, 15) is 9.59 Å². The van der Waals surface area contributed by atoms with Crippen molar-refractivity contribution in [2.75, 3.05) is 0 Å². The second-order valence-electron chi connectivity index (χ2n) is 2.59. The Bertz CT molecular complexity index is 222. The number of amides is 2. The zero-order valence-corrected chi connectivity index (χ0v) is 7.46. The van der Waals surface area contributed by atoms with Crippen molar-refractivity contribution in [2.24, 2.45) is 5.73 Å². The Morgan fingerprint density at radius 3 is 1.77 bits per heavy atom. The van der Waals surface area contributed by atoms with E-state index in [1.807, 2.05) is 0 Å². The second kappa shape index (κ2) is 4.42. The summed E-state index contributed by atoms with van der Waals surface area (Å²) in [6.45, 7) is 7.93. The van der Waals surface area contributed by atoms with E-state index in [0.717, 1.165) is 12.2 Å². The third-order valence-electron chi connectivity index (χ3n) is 1.14. The van der Waals surface area contributed by atoms with Gasteiger partial charge in [-0.05, 0) is 19.1 Å². The minimum absolute atomic E-state index is 0.464. The van der Waals surface area contributed by atoms with Crippen LogP contribution in [0.3, 0.4) is 0 Å². The Labute approximate surface area is 76.7 Å². The molecule has 72 valence electrons. The van der Waals surface area contributed by atoms with Gasteiger partial charge in [0.05, 0.1) is 0 Å². The largest absolute Gasteiger partial charge is 0.318 e. The fraction of sp³-hybridized carbons (Fsp3) is 0.250. The minimum atomic E-state index is -1.30. The van der Waals surface area contributed by atoms with E-state index in [2.05, 4.69) is 23.8 Å². The zero-order valence-electron chi connectivity index (χ0n) is 7.46. The predicted octanol–water partition coefficient (Wildman–Crippen LogP) is -0.777. The Hall–Kier alpha value is -1.62. The molecule has 0 aliphatic rings. The number of hydrogen-bond acceptors (Lipinski definition) is 3. The lowest BCUT2D eigenvalue weighted by atomic mass is 10.3. The maximum absolute atomic E-state index is 10.8. The molecular formula is C8H13N3O2. The molecule has 0 atom stereocenters. The number of rotatable bonds is 4. The predicted molar refractivity (Wildman–Crippen MR) is 49.3 cm³/mol. The van der Waals surface area contributed by atoms with Crippen LogP contribution in [0.25, 0.3) is 0 Å². The summed E-state index contributed by atoms with van der Waals surface area (Å²) in [7, 11) is 0. The molecular weight excluding hydrogens is 170 g/mol. The van der Waals surface area contributed by atoms with E-state index in [4.69, 9.17) is 5.73 Å². The first-order valence-electron chi connectivity index (χ1n) is 3.59. The SMILES string of the molecule is C=CC(=O)NC(C)(N)NC(=O)C=C. The standard InChI is InChI=1S/C8H13N3O2/c1-4-6(12)10-8(3,9)11-7(13)5-2/h4-5H,1-2,9H2,3H3,(H,10,12)(H,11,13). The van der Waals surface area contributed by atoms with Crippen LogP contribution in [0.4, 0.5) is 0 Å². The van der Waals surface area contributed by atoms with Crippen molar-refractivity contribution >= 4 is 11.8 Å². The zero-order chi connectivity index (χ0) is 10.5. The molecule has 5 nitrogen and oxygen atoms in total. The fourth-order valence-electron chi connectivity index (χ4n) is 0.645. The topological polar surface area (TPSA) is 84.2 Å². The summed E-state index contributed by atoms with van der Waals surface area (Å²) >= 11 is 0. The Balaban J connectivity index is 4.22. The molecule has 0 aliphatic carbocycles. The Morgan fingerprint density at radius 1 is 1.23 bits per heavy atom. The van der Waals surface area contributed by atoms with Crippen LogP contribution in [0.2, 0.25) is 0 Å². The van der Waals surface area contributed by atoms with Crippen molar-refractivity contribution in [1.82, 2.24) is 10.6 Å². The molecule has 5 heteroatoms. The van der Waals surface area contributed by atoms with Gasteiger partial charge in [-0.15, -0.1) is 0 Å². The van der Waals surface area contributed by atoms with Crippen molar-refractivity contribution in [1.29, 1.82) is 0 Å². The molecule has 0 heterocycles. The van der Waals surface area contributed by atoms with Crippen LogP contribution < -0.4 is 16.4 Å². The van der Waals surface area contributed by atoms with Gasteiger partial charge in [0, 0.05) is 0 Å². The van der Waals surface area contributed by atoms with E-state index in [1.165, 1.54) is 6.92 Å². The van der Waals surface area contributed by atoms with Crippen molar-refractivity contribution in [3.05, 3.63) is 25.3 Å². The molecule has 0 spiro atoms. The van der Waals surface area contributed by atoms with Crippen LogP contribution >= 0.6 is 0 Å². The number of nitrogens with two attached hydrogens (primary N) is 1. The lowest BCUT2D eigenvalue weighted by Crippen LogP contribution is -2.64. The lowest BCUT2D eigenvalue weighted by molar-refractivity contribution is -0.121. The maximum atomic E-state index is 10.8. The molecule has 0 aromatic carbocycles. The van der Waals surface area contributed by atoms with Crippen LogP contribution in [0.5, 0.6) is 0 Å². The van der Waals surface area contributed by atoms with E-state index in [0.29, 0.717) is 0 Å². The molecule has 0 aromatic rings. The lowest BCUT2D eigenvalue weighted by Gasteiger charge is -2.25. The molecule has 0 unspecified atom stereocenters. The summed E-state index contributed by atoms with van der Waals surface area (Å²) in [6, 6.07) is 0. The highest BCUT2D eigenvalue weighted by atomic mass is 16.2. The molecule has 0 aromatic heterocycles. The van der Waals surface area contributed by atoms with Gasteiger partial charge >= 0.3 is 0 Å². The van der Waals surface area contributed by atoms with Crippen LogP contribution in [0.1, 0.15) is 6.92 Å². The normalized spacial score (nSPS) is 10.0. The van der Waals surface area contributed by atoms with E-state index < -0.39 is 17.6 Å². The van der Waals surface area contributed by atoms with Gasteiger partial charge in [-0.25, -0.2) is 0 Å². The van der Waals surface area contributed by atoms with Crippen LogP contribution in [-0.4, -0.2) is 17.6 Å². The summed E-state index contributed by atoms with van der Waals surface area (Å²) in [5.74, 6) is -2.22. The highest BCUT2D eigenvalue weighted by Crippen LogP contribution is 1.88. The van der Waals surface area contributed by atoms with E-state index >= 15 is 0 Å². The molecule has 2 amide bonds. The summed E-state index contributed by atoms with van der Waals surface area (Å²) < 4.78 is 0. The van der Waals surface area contributed by atoms with E-state index in [1.54, 1.807) is 0 Å². The molecule has 0 bridgehead atoms. The third kappa shape index (κ3) is 4.76. The smallest absolute Gasteiger partial charge is 0.246 e. The molecule has 0 rings (SSSR count). The highest BCUT2D eigenvalue weighted by Gasteiger charge is 2.20. The van der Waals surface area contributed by atoms with Gasteiger partial charge in [0.15, 0.2) is 5.79 Å². The average molecular weight is 183 g/mol. The Morgan fingerprint density at radius 2 is 1.54 bits per heavy atom. The third-order valence-corrected chi connectivity index (χ3v) is 1.14. The summed E-state index contributed by atoms with van der Waals surface area (Å²) in [4.78, 5) is 21.6. The molecule has 0 saturated carbocycles. The van der Waals surface area contributed by atoms with Gasteiger partial charge in [-0.3, -0.25) is 15.3 Å². The highest BCUT2D eigenvalue weighted by molar-refractivity contribution is 5.90. The van der Waals surface area contributed by atoms with Gasteiger partial charge in [0.25, 0.3) is 0 Å². The summed E-state index contributed by atoms with van der Waals surface area (Å²) in [5.41, 5.74) is 5.51. The molecule has 0 aliphatic heterocycles. The Kier molecular flexibility index (Phi) is 3.87.